The fourth-order valence-corrected chi connectivity index (χ4v) is 7.97. The molecule has 10 rings (SSSR count). The van der Waals surface area contributed by atoms with E-state index in [1.165, 1.54) is 61.1 Å². The van der Waals surface area contributed by atoms with Gasteiger partial charge in [0, 0.05) is 40.5 Å². The Bertz CT molecular complexity index is 2600. The van der Waals surface area contributed by atoms with Crippen LogP contribution in [0.2, 0.25) is 0 Å². The number of rotatable bonds is 4. The number of anilines is 2. The van der Waals surface area contributed by atoms with Crippen molar-refractivity contribution in [1.82, 2.24) is 9.97 Å². The Morgan fingerprint density at radius 2 is 1.02 bits per heavy atom. The molecule has 0 bridgehead atoms. The number of aromatic nitrogens is 2. The molecular formula is C46H31N3. The molecule has 3 nitrogen and oxygen atoms in total. The van der Waals surface area contributed by atoms with Crippen molar-refractivity contribution < 1.29 is 0 Å². The SMILES string of the molecule is C1=CC2c3ccccc3N(c3cccc(-c4ccc(-c5cccc(-c6ccc7c(c6)c6ccccc6c6nccnc76)c5)cc4)c3)C2C=C1. The number of para-hydroxylation sites is 1. The van der Waals surface area contributed by atoms with Crippen molar-refractivity contribution in [3.63, 3.8) is 0 Å². The van der Waals surface area contributed by atoms with Gasteiger partial charge >= 0.3 is 0 Å². The second-order valence-corrected chi connectivity index (χ2v) is 13.0. The monoisotopic (exact) mass is 625 g/mol. The Labute approximate surface area is 285 Å². The Kier molecular flexibility index (Phi) is 6.31. The van der Waals surface area contributed by atoms with Crippen LogP contribution in [0.25, 0.3) is 66.0 Å². The summed E-state index contributed by atoms with van der Waals surface area (Å²) in [7, 11) is 0. The van der Waals surface area contributed by atoms with Gasteiger partial charge in [-0.15, -0.1) is 0 Å². The second kappa shape index (κ2) is 11.1. The van der Waals surface area contributed by atoms with Gasteiger partial charge < -0.3 is 4.90 Å². The maximum Gasteiger partial charge on any atom is 0.0971 e. The highest BCUT2D eigenvalue weighted by Crippen LogP contribution is 2.48. The molecule has 1 aliphatic carbocycles. The Balaban J connectivity index is 0.981. The predicted octanol–water partition coefficient (Wildman–Crippen LogP) is 11.7. The van der Waals surface area contributed by atoms with Gasteiger partial charge in [-0.2, -0.15) is 0 Å². The summed E-state index contributed by atoms with van der Waals surface area (Å²) in [5.74, 6) is 0.378. The van der Waals surface area contributed by atoms with Crippen LogP contribution >= 0.6 is 0 Å². The Morgan fingerprint density at radius 1 is 0.429 bits per heavy atom. The van der Waals surface area contributed by atoms with Crippen LogP contribution in [0.4, 0.5) is 11.4 Å². The van der Waals surface area contributed by atoms with Crippen molar-refractivity contribution in [2.75, 3.05) is 4.90 Å². The molecule has 2 atom stereocenters. The van der Waals surface area contributed by atoms with E-state index >= 15 is 0 Å². The lowest BCUT2D eigenvalue weighted by molar-refractivity contribution is 0.745. The molecule has 230 valence electrons. The van der Waals surface area contributed by atoms with Crippen molar-refractivity contribution in [2.24, 2.45) is 0 Å². The highest BCUT2D eigenvalue weighted by Gasteiger charge is 2.37. The average molecular weight is 626 g/mol. The Morgan fingerprint density at radius 3 is 1.82 bits per heavy atom. The van der Waals surface area contributed by atoms with Crippen molar-refractivity contribution >= 4 is 44.0 Å². The summed E-state index contributed by atoms with van der Waals surface area (Å²) in [4.78, 5) is 11.9. The van der Waals surface area contributed by atoms with Crippen molar-refractivity contribution in [3.8, 4) is 33.4 Å². The van der Waals surface area contributed by atoms with Crippen LogP contribution in [-0.2, 0) is 0 Å². The van der Waals surface area contributed by atoms with Gasteiger partial charge in [-0.05, 0) is 80.0 Å². The van der Waals surface area contributed by atoms with E-state index in [2.05, 4.69) is 174 Å². The van der Waals surface area contributed by atoms with Crippen molar-refractivity contribution in [1.29, 1.82) is 0 Å². The van der Waals surface area contributed by atoms with E-state index in [9.17, 15) is 0 Å². The third-order valence-corrected chi connectivity index (χ3v) is 10.3. The molecule has 0 saturated heterocycles. The smallest absolute Gasteiger partial charge is 0.0971 e. The standard InChI is InChI=1S/C46H31N3/c1-2-16-40-37(13-1)42-29-35(23-24-41(42)46-45(40)47-25-26-48-46)33-10-7-9-32(27-33)30-19-21-31(22-20-30)34-11-8-12-36(28-34)49-43-17-5-3-14-38(43)39-15-4-6-18-44(39)49/h1-29,38,43H. The number of nitrogens with zero attached hydrogens (tertiary/aromatic N) is 3. The zero-order chi connectivity index (χ0) is 32.3. The summed E-state index contributed by atoms with van der Waals surface area (Å²) >= 11 is 0. The summed E-state index contributed by atoms with van der Waals surface area (Å²) in [6.07, 6.45) is 12.6. The molecule has 1 aliphatic heterocycles. The minimum absolute atomic E-state index is 0.293. The van der Waals surface area contributed by atoms with E-state index in [1.54, 1.807) is 12.4 Å². The number of hydrogen-bond donors (Lipinski definition) is 0. The predicted molar refractivity (Wildman–Crippen MR) is 204 cm³/mol. The molecule has 2 heterocycles. The van der Waals surface area contributed by atoms with Crippen LogP contribution in [-0.4, -0.2) is 16.0 Å². The van der Waals surface area contributed by atoms with E-state index in [4.69, 9.17) is 4.98 Å². The first-order valence-corrected chi connectivity index (χ1v) is 16.9. The lowest BCUT2D eigenvalue weighted by Gasteiger charge is -2.29. The van der Waals surface area contributed by atoms with Crippen LogP contribution < -0.4 is 4.90 Å². The molecule has 8 aromatic rings. The first-order valence-electron chi connectivity index (χ1n) is 16.9. The van der Waals surface area contributed by atoms with Gasteiger partial charge in [-0.25, -0.2) is 0 Å². The lowest BCUT2D eigenvalue weighted by Crippen LogP contribution is -2.28. The minimum atomic E-state index is 0.293. The van der Waals surface area contributed by atoms with Crippen LogP contribution in [0.1, 0.15) is 11.5 Å². The van der Waals surface area contributed by atoms with E-state index in [0.717, 1.165) is 21.8 Å². The zero-order valence-electron chi connectivity index (χ0n) is 26.7. The topological polar surface area (TPSA) is 29.0 Å². The number of hydrogen-bond acceptors (Lipinski definition) is 3. The maximum absolute atomic E-state index is 4.72. The molecule has 49 heavy (non-hydrogen) atoms. The van der Waals surface area contributed by atoms with Gasteiger partial charge in [0.05, 0.1) is 17.1 Å². The highest BCUT2D eigenvalue weighted by molar-refractivity contribution is 6.23. The van der Waals surface area contributed by atoms with E-state index in [1.807, 2.05) is 0 Å². The maximum atomic E-state index is 4.72. The molecule has 0 N–H and O–H groups in total. The highest BCUT2D eigenvalue weighted by atomic mass is 15.2. The molecule has 7 aromatic carbocycles. The van der Waals surface area contributed by atoms with Crippen molar-refractivity contribution in [2.45, 2.75) is 12.0 Å². The fourth-order valence-electron chi connectivity index (χ4n) is 7.97. The summed E-state index contributed by atoms with van der Waals surface area (Å²) in [5.41, 5.74) is 13.0. The quantitative estimate of drug-likeness (QED) is 0.182. The molecule has 0 saturated carbocycles. The molecule has 2 aliphatic rings. The van der Waals surface area contributed by atoms with Crippen LogP contribution in [0.5, 0.6) is 0 Å². The summed E-state index contributed by atoms with van der Waals surface area (Å²) in [6.45, 7) is 0. The van der Waals surface area contributed by atoms with Crippen LogP contribution in [0.15, 0.2) is 176 Å². The minimum Gasteiger partial charge on any atom is -0.333 e. The van der Waals surface area contributed by atoms with Gasteiger partial charge in [0.25, 0.3) is 0 Å². The van der Waals surface area contributed by atoms with Crippen LogP contribution in [0.3, 0.4) is 0 Å². The molecule has 0 fully saturated rings. The largest absolute Gasteiger partial charge is 0.333 e. The van der Waals surface area contributed by atoms with Gasteiger partial charge in [-0.3, -0.25) is 9.97 Å². The number of allylic oxidation sites excluding steroid dienone is 2. The molecule has 1 aromatic heterocycles. The third-order valence-electron chi connectivity index (χ3n) is 10.3. The molecule has 0 radical (unpaired) electrons. The van der Waals surface area contributed by atoms with Gasteiger partial charge in [-0.1, -0.05) is 133 Å². The molecule has 0 amide bonds. The summed E-state index contributed by atoms with van der Waals surface area (Å²) in [6, 6.07) is 51.2. The molecule has 2 unspecified atom stereocenters. The summed E-state index contributed by atoms with van der Waals surface area (Å²) in [5, 5.41) is 4.65. The molecular weight excluding hydrogens is 595 g/mol. The molecule has 0 spiro atoms. The van der Waals surface area contributed by atoms with Crippen LogP contribution in [0, 0.1) is 0 Å². The van der Waals surface area contributed by atoms with Crippen molar-refractivity contribution in [3.05, 3.63) is 182 Å². The van der Waals surface area contributed by atoms with E-state index < -0.39 is 0 Å². The Hall–Kier alpha value is -6.32. The normalized spacial score (nSPS) is 16.4. The van der Waals surface area contributed by atoms with Gasteiger partial charge in [0.1, 0.15) is 0 Å². The fraction of sp³-hybridized carbons (Fsp3) is 0.0435. The second-order valence-electron chi connectivity index (χ2n) is 13.0. The lowest BCUT2D eigenvalue weighted by atomic mass is 9.91. The van der Waals surface area contributed by atoms with E-state index in [0.29, 0.717) is 12.0 Å². The zero-order valence-corrected chi connectivity index (χ0v) is 26.7. The van der Waals surface area contributed by atoms with Gasteiger partial charge in [0.2, 0.25) is 0 Å². The number of fused-ring (bicyclic) bond motifs is 9. The third kappa shape index (κ3) is 4.51. The summed E-state index contributed by atoms with van der Waals surface area (Å²) < 4.78 is 0. The first-order chi connectivity index (χ1) is 24.3. The number of benzene rings is 7. The molecule has 3 heteroatoms. The van der Waals surface area contributed by atoms with E-state index in [-0.39, 0.29) is 0 Å². The first kappa shape index (κ1) is 27.8. The van der Waals surface area contributed by atoms with Gasteiger partial charge in [0.15, 0.2) is 0 Å². The average Bonchev–Trinajstić information content (AvgIpc) is 3.52.